The van der Waals surface area contributed by atoms with Gasteiger partial charge in [-0.2, -0.15) is 0 Å². The molecule has 19 heavy (non-hydrogen) atoms. The fraction of sp³-hybridized carbons (Fsp3) is 0.333. The molecule has 1 heterocycles. The zero-order chi connectivity index (χ0) is 13.8. The number of aryl methyl sites for hydroxylation is 2. The van der Waals surface area contributed by atoms with Crippen molar-refractivity contribution in [3.05, 3.63) is 29.6 Å². The van der Waals surface area contributed by atoms with Gasteiger partial charge in [-0.3, -0.25) is 4.79 Å². The molecule has 0 saturated carbocycles. The molecule has 2 aromatic rings. The quantitative estimate of drug-likeness (QED) is 0.876. The summed E-state index contributed by atoms with van der Waals surface area (Å²) < 4.78 is 6.67. The fourth-order valence-electron chi connectivity index (χ4n) is 1.66. The number of methoxy groups -OCH3 is 1. The lowest BCUT2D eigenvalue weighted by atomic mass is 10.2. The molecule has 0 radical (unpaired) electrons. The first-order chi connectivity index (χ1) is 9.10. The molecule has 0 bridgehead atoms. The van der Waals surface area contributed by atoms with E-state index in [4.69, 9.17) is 4.74 Å². The summed E-state index contributed by atoms with van der Waals surface area (Å²) in [5, 5.41) is 13.7. The van der Waals surface area contributed by atoms with Crippen molar-refractivity contribution in [3.8, 4) is 5.75 Å². The average molecular weight is 261 g/mol. The standard InChI is InChI=1S/C12H15N5O2/c1-8-4-5-10(19-3)9(6-8)13-12(18)7-11-14-15-16-17(11)2/h4-6H,7H2,1-3H3,(H,13,18). The van der Waals surface area contributed by atoms with Crippen molar-refractivity contribution in [3.63, 3.8) is 0 Å². The highest BCUT2D eigenvalue weighted by molar-refractivity contribution is 5.93. The van der Waals surface area contributed by atoms with E-state index in [1.165, 1.54) is 4.68 Å². The van der Waals surface area contributed by atoms with Crippen molar-refractivity contribution in [1.29, 1.82) is 0 Å². The van der Waals surface area contributed by atoms with Crippen molar-refractivity contribution in [2.45, 2.75) is 13.3 Å². The second-order valence-corrected chi connectivity index (χ2v) is 4.15. The number of aromatic nitrogens is 4. The second kappa shape index (κ2) is 5.47. The number of ether oxygens (including phenoxy) is 1. The van der Waals surface area contributed by atoms with E-state index in [1.807, 2.05) is 25.1 Å². The lowest BCUT2D eigenvalue weighted by molar-refractivity contribution is -0.115. The first-order valence-electron chi connectivity index (χ1n) is 5.76. The van der Waals surface area contributed by atoms with Gasteiger partial charge in [-0.1, -0.05) is 6.07 Å². The van der Waals surface area contributed by atoms with E-state index in [2.05, 4.69) is 20.8 Å². The first kappa shape index (κ1) is 13.0. The number of benzene rings is 1. The average Bonchev–Trinajstić information content (AvgIpc) is 2.75. The number of tetrazole rings is 1. The summed E-state index contributed by atoms with van der Waals surface area (Å²) >= 11 is 0. The topological polar surface area (TPSA) is 81.9 Å². The largest absolute Gasteiger partial charge is 0.495 e. The van der Waals surface area contributed by atoms with Crippen LogP contribution < -0.4 is 10.1 Å². The molecule has 7 nitrogen and oxygen atoms in total. The van der Waals surface area contributed by atoms with Crippen LogP contribution in [0.2, 0.25) is 0 Å². The van der Waals surface area contributed by atoms with Crippen LogP contribution in [0.5, 0.6) is 5.75 Å². The molecular weight excluding hydrogens is 246 g/mol. The van der Waals surface area contributed by atoms with Gasteiger partial charge >= 0.3 is 0 Å². The molecule has 0 unspecified atom stereocenters. The van der Waals surface area contributed by atoms with E-state index >= 15 is 0 Å². The number of hydrogen-bond donors (Lipinski definition) is 1. The van der Waals surface area contributed by atoms with Crippen LogP contribution in [0.15, 0.2) is 18.2 Å². The van der Waals surface area contributed by atoms with Gasteiger partial charge in [0.05, 0.1) is 19.2 Å². The highest BCUT2D eigenvalue weighted by atomic mass is 16.5. The summed E-state index contributed by atoms with van der Waals surface area (Å²) in [6, 6.07) is 5.58. The SMILES string of the molecule is COc1ccc(C)cc1NC(=O)Cc1nnnn1C. The maximum atomic E-state index is 11.9. The summed E-state index contributed by atoms with van der Waals surface area (Å²) in [7, 11) is 3.25. The Hall–Kier alpha value is -2.44. The summed E-state index contributed by atoms with van der Waals surface area (Å²) in [5.74, 6) is 0.931. The molecule has 100 valence electrons. The number of nitrogens with zero attached hydrogens (tertiary/aromatic N) is 4. The van der Waals surface area contributed by atoms with Gasteiger partial charge in [-0.05, 0) is 35.0 Å². The van der Waals surface area contributed by atoms with Crippen LogP contribution in [0.4, 0.5) is 5.69 Å². The van der Waals surface area contributed by atoms with Crippen LogP contribution in [0.3, 0.4) is 0 Å². The molecular formula is C12H15N5O2. The van der Waals surface area contributed by atoms with E-state index in [0.29, 0.717) is 17.3 Å². The van der Waals surface area contributed by atoms with E-state index in [9.17, 15) is 4.79 Å². The second-order valence-electron chi connectivity index (χ2n) is 4.15. The van der Waals surface area contributed by atoms with Crippen molar-refractivity contribution in [2.75, 3.05) is 12.4 Å². The Kier molecular flexibility index (Phi) is 3.74. The minimum absolute atomic E-state index is 0.112. The number of carbonyl (C=O) groups is 1. The zero-order valence-corrected chi connectivity index (χ0v) is 11.0. The van der Waals surface area contributed by atoms with Crippen LogP contribution in [-0.2, 0) is 18.3 Å². The van der Waals surface area contributed by atoms with Gasteiger partial charge in [0.25, 0.3) is 0 Å². The van der Waals surface area contributed by atoms with Gasteiger partial charge < -0.3 is 10.1 Å². The van der Waals surface area contributed by atoms with Crippen molar-refractivity contribution < 1.29 is 9.53 Å². The first-order valence-corrected chi connectivity index (χ1v) is 5.76. The third-order valence-corrected chi connectivity index (χ3v) is 2.66. The number of hydrogen-bond acceptors (Lipinski definition) is 5. The van der Waals surface area contributed by atoms with E-state index < -0.39 is 0 Å². The van der Waals surface area contributed by atoms with E-state index in [0.717, 1.165) is 5.56 Å². The highest BCUT2D eigenvalue weighted by Crippen LogP contribution is 2.25. The summed E-state index contributed by atoms with van der Waals surface area (Å²) in [4.78, 5) is 11.9. The van der Waals surface area contributed by atoms with Crippen molar-refractivity contribution in [1.82, 2.24) is 20.2 Å². The van der Waals surface area contributed by atoms with Gasteiger partial charge in [0.15, 0.2) is 5.82 Å². The number of carbonyl (C=O) groups excluding carboxylic acids is 1. The Bertz CT molecular complexity index is 594. The maximum absolute atomic E-state index is 11.9. The predicted molar refractivity (Wildman–Crippen MR) is 68.9 cm³/mol. The van der Waals surface area contributed by atoms with Crippen LogP contribution in [0.1, 0.15) is 11.4 Å². The Morgan fingerprint density at radius 3 is 2.89 bits per heavy atom. The predicted octanol–water partition coefficient (Wildman–Crippen LogP) is 0.708. The molecule has 2 rings (SSSR count). The third kappa shape index (κ3) is 3.06. The van der Waals surface area contributed by atoms with E-state index in [-0.39, 0.29) is 12.3 Å². The third-order valence-electron chi connectivity index (χ3n) is 2.66. The lowest BCUT2D eigenvalue weighted by Gasteiger charge is -2.10. The Balaban J connectivity index is 2.11. The molecule has 0 aliphatic rings. The monoisotopic (exact) mass is 261 g/mol. The van der Waals surface area contributed by atoms with E-state index in [1.54, 1.807) is 14.2 Å². The number of amides is 1. The molecule has 0 aliphatic carbocycles. The van der Waals surface area contributed by atoms with Crippen LogP contribution >= 0.6 is 0 Å². The summed E-state index contributed by atoms with van der Waals surface area (Å²) in [6.45, 7) is 1.95. The summed E-state index contributed by atoms with van der Waals surface area (Å²) in [6.07, 6.45) is 0.112. The molecule has 0 aliphatic heterocycles. The van der Waals surface area contributed by atoms with Gasteiger partial charge in [0, 0.05) is 7.05 Å². The molecule has 7 heteroatoms. The van der Waals surface area contributed by atoms with Crippen LogP contribution in [0, 0.1) is 6.92 Å². The molecule has 0 fully saturated rings. The Morgan fingerprint density at radius 1 is 1.47 bits per heavy atom. The van der Waals surface area contributed by atoms with Crippen molar-refractivity contribution in [2.24, 2.45) is 7.05 Å². The highest BCUT2D eigenvalue weighted by Gasteiger charge is 2.12. The van der Waals surface area contributed by atoms with Crippen LogP contribution in [0.25, 0.3) is 0 Å². The molecule has 1 N–H and O–H groups in total. The molecule has 1 aromatic carbocycles. The van der Waals surface area contributed by atoms with Gasteiger partial charge in [-0.15, -0.1) is 5.10 Å². The van der Waals surface area contributed by atoms with Gasteiger partial charge in [0.2, 0.25) is 5.91 Å². The fourth-order valence-corrected chi connectivity index (χ4v) is 1.66. The molecule has 0 atom stereocenters. The minimum Gasteiger partial charge on any atom is -0.495 e. The number of nitrogens with one attached hydrogen (secondary N) is 1. The van der Waals surface area contributed by atoms with Gasteiger partial charge in [0.1, 0.15) is 5.75 Å². The zero-order valence-electron chi connectivity index (χ0n) is 11.0. The normalized spacial score (nSPS) is 10.3. The minimum atomic E-state index is -0.193. The van der Waals surface area contributed by atoms with Gasteiger partial charge in [-0.25, -0.2) is 4.68 Å². The Labute approximate surface area is 110 Å². The molecule has 0 spiro atoms. The molecule has 1 amide bonds. The molecule has 1 aromatic heterocycles. The number of anilines is 1. The maximum Gasteiger partial charge on any atom is 0.232 e. The van der Waals surface area contributed by atoms with Crippen LogP contribution in [-0.4, -0.2) is 33.2 Å². The number of rotatable bonds is 4. The Morgan fingerprint density at radius 2 is 2.26 bits per heavy atom. The smallest absolute Gasteiger partial charge is 0.232 e. The van der Waals surface area contributed by atoms with Crippen molar-refractivity contribution >= 4 is 11.6 Å². The molecule has 0 saturated heterocycles. The lowest BCUT2D eigenvalue weighted by Crippen LogP contribution is -2.17. The summed E-state index contributed by atoms with van der Waals surface area (Å²) in [5.41, 5.74) is 1.68.